The van der Waals surface area contributed by atoms with Crippen molar-refractivity contribution in [3.05, 3.63) is 71.0 Å². The highest BCUT2D eigenvalue weighted by Crippen LogP contribution is 2.39. The summed E-state index contributed by atoms with van der Waals surface area (Å²) in [6.07, 6.45) is 3.31. The van der Waals surface area contributed by atoms with Crippen LogP contribution in [0.5, 0.6) is 0 Å². The molecule has 2 aromatic carbocycles. The van der Waals surface area contributed by atoms with Gasteiger partial charge in [0.15, 0.2) is 0 Å². The maximum absolute atomic E-state index is 13.6. The van der Waals surface area contributed by atoms with Gasteiger partial charge in [0.2, 0.25) is 10.0 Å². The first-order valence-electron chi connectivity index (χ1n) is 11.6. The molecule has 3 aromatic rings. The van der Waals surface area contributed by atoms with Gasteiger partial charge < -0.3 is 5.32 Å². The van der Waals surface area contributed by atoms with Gasteiger partial charge in [-0.3, -0.25) is 9.62 Å². The number of likely N-dealkylation sites (tertiary alicyclic amines) is 1. The number of rotatable bonds is 7. The first-order chi connectivity index (χ1) is 16.7. The van der Waals surface area contributed by atoms with Crippen molar-refractivity contribution in [2.45, 2.75) is 25.4 Å². The Kier molecular flexibility index (Phi) is 6.65. The van der Waals surface area contributed by atoms with Crippen LogP contribution in [0.4, 0.5) is 15.9 Å². The van der Waals surface area contributed by atoms with Crippen molar-refractivity contribution in [3.63, 3.8) is 0 Å². The van der Waals surface area contributed by atoms with Crippen LogP contribution in [0.1, 0.15) is 18.4 Å². The van der Waals surface area contributed by atoms with E-state index in [1.807, 2.05) is 36.4 Å². The molecular weight excluding hydrogens is 489 g/mol. The fourth-order valence-corrected chi connectivity index (χ4v) is 6.03. The lowest BCUT2D eigenvalue weighted by Gasteiger charge is -2.20. The predicted molar refractivity (Wildman–Crippen MR) is 136 cm³/mol. The highest BCUT2D eigenvalue weighted by atomic mass is 35.5. The van der Waals surface area contributed by atoms with Crippen molar-refractivity contribution in [2.75, 3.05) is 29.4 Å². The highest BCUT2D eigenvalue weighted by molar-refractivity contribution is 7.92. The van der Waals surface area contributed by atoms with Gasteiger partial charge in [-0.25, -0.2) is 12.8 Å². The molecule has 1 aromatic heterocycles. The van der Waals surface area contributed by atoms with Crippen molar-refractivity contribution in [2.24, 2.45) is 11.8 Å². The van der Waals surface area contributed by atoms with Gasteiger partial charge in [0.1, 0.15) is 11.6 Å². The van der Waals surface area contributed by atoms with Gasteiger partial charge in [0.05, 0.1) is 17.0 Å². The average molecular weight is 516 g/mol. The SMILES string of the molecule is CS(=O)(=O)Nc1ccc(CN2C[C@H]3C[C@H](Nc4ccc(-c5cc(F)ccc5Cl)nn4)C[C@H]3C2)cc1. The molecule has 7 nitrogen and oxygen atoms in total. The summed E-state index contributed by atoms with van der Waals surface area (Å²) in [6.45, 7) is 2.96. The predicted octanol–water partition coefficient (Wildman–Crippen LogP) is 4.63. The van der Waals surface area contributed by atoms with E-state index in [9.17, 15) is 12.8 Å². The minimum absolute atomic E-state index is 0.353. The molecule has 1 saturated heterocycles. The van der Waals surface area contributed by atoms with Crippen LogP contribution < -0.4 is 10.0 Å². The van der Waals surface area contributed by atoms with Crippen LogP contribution in [0.25, 0.3) is 11.3 Å². The monoisotopic (exact) mass is 515 g/mol. The number of anilines is 2. The number of sulfonamides is 1. The Morgan fingerprint density at radius 1 is 1.03 bits per heavy atom. The molecule has 3 atom stereocenters. The molecule has 0 bridgehead atoms. The maximum atomic E-state index is 13.6. The van der Waals surface area contributed by atoms with Crippen molar-refractivity contribution >= 4 is 33.1 Å². The van der Waals surface area contributed by atoms with E-state index in [2.05, 4.69) is 25.1 Å². The third-order valence-electron chi connectivity index (χ3n) is 6.71. The molecule has 2 heterocycles. The number of hydrogen-bond acceptors (Lipinski definition) is 6. The first kappa shape index (κ1) is 24.0. The number of fused-ring (bicyclic) bond motifs is 1. The molecule has 184 valence electrons. The van der Waals surface area contributed by atoms with Gasteiger partial charge in [0.25, 0.3) is 0 Å². The van der Waals surface area contributed by atoms with Gasteiger partial charge in [-0.15, -0.1) is 10.2 Å². The number of aromatic nitrogens is 2. The molecule has 1 aliphatic carbocycles. The van der Waals surface area contributed by atoms with E-state index in [1.54, 1.807) is 0 Å². The summed E-state index contributed by atoms with van der Waals surface area (Å²) in [5.74, 6) is 1.63. The van der Waals surface area contributed by atoms with Crippen LogP contribution in [0.3, 0.4) is 0 Å². The third kappa shape index (κ3) is 5.91. The zero-order chi connectivity index (χ0) is 24.6. The molecule has 2 aliphatic rings. The molecule has 0 radical (unpaired) electrons. The van der Waals surface area contributed by atoms with Crippen LogP contribution in [-0.4, -0.2) is 48.9 Å². The molecular formula is C25H27ClFN5O2S. The topological polar surface area (TPSA) is 87.2 Å². The normalized spacial score (nSPS) is 22.2. The van der Waals surface area contributed by atoms with Crippen LogP contribution >= 0.6 is 11.6 Å². The van der Waals surface area contributed by atoms with Gasteiger partial charge in [-0.05, 0) is 72.7 Å². The second kappa shape index (κ2) is 9.72. The summed E-state index contributed by atoms with van der Waals surface area (Å²) in [4.78, 5) is 2.47. The Balaban J connectivity index is 1.13. The highest BCUT2D eigenvalue weighted by Gasteiger charge is 2.40. The summed E-state index contributed by atoms with van der Waals surface area (Å²) in [5.41, 5.74) is 2.83. The molecule has 0 amide bonds. The zero-order valence-electron chi connectivity index (χ0n) is 19.3. The Labute approximate surface area is 209 Å². The molecule has 2 fully saturated rings. The molecule has 5 rings (SSSR count). The van der Waals surface area contributed by atoms with Crippen LogP contribution in [0, 0.1) is 17.7 Å². The van der Waals surface area contributed by atoms with Crippen LogP contribution in [-0.2, 0) is 16.6 Å². The Bertz CT molecular complexity index is 1290. The van der Waals surface area contributed by atoms with E-state index in [0.29, 0.717) is 45.7 Å². The minimum Gasteiger partial charge on any atom is -0.366 e. The van der Waals surface area contributed by atoms with E-state index in [0.717, 1.165) is 38.7 Å². The maximum Gasteiger partial charge on any atom is 0.229 e. The van der Waals surface area contributed by atoms with Gasteiger partial charge in [0, 0.05) is 36.9 Å². The average Bonchev–Trinajstić information content (AvgIpc) is 3.34. The summed E-state index contributed by atoms with van der Waals surface area (Å²) in [6, 6.07) is 15.8. The summed E-state index contributed by atoms with van der Waals surface area (Å²) in [7, 11) is -3.26. The van der Waals surface area contributed by atoms with Gasteiger partial charge >= 0.3 is 0 Å². The Morgan fingerprint density at radius 2 is 1.74 bits per heavy atom. The molecule has 1 saturated carbocycles. The molecule has 35 heavy (non-hydrogen) atoms. The molecule has 0 spiro atoms. The first-order valence-corrected chi connectivity index (χ1v) is 13.8. The lowest BCUT2D eigenvalue weighted by atomic mass is 10.0. The second-order valence-electron chi connectivity index (χ2n) is 9.53. The van der Waals surface area contributed by atoms with E-state index in [1.165, 1.54) is 23.8 Å². The van der Waals surface area contributed by atoms with Crippen molar-refractivity contribution < 1.29 is 12.8 Å². The van der Waals surface area contributed by atoms with E-state index < -0.39 is 10.0 Å². The van der Waals surface area contributed by atoms with Gasteiger partial charge in [-0.2, -0.15) is 0 Å². The Morgan fingerprint density at radius 3 is 2.37 bits per heavy atom. The lowest BCUT2D eigenvalue weighted by Crippen LogP contribution is -2.25. The number of nitrogens with zero attached hydrogens (tertiary/aromatic N) is 3. The molecule has 0 unspecified atom stereocenters. The fourth-order valence-electron chi connectivity index (χ4n) is 5.25. The smallest absolute Gasteiger partial charge is 0.229 e. The standard InChI is InChI=1S/C25H27ClFN5O2S/c1-35(33,34)31-20-5-2-16(3-6-20)13-32-14-17-10-21(11-18(17)15-32)28-25-9-8-24(29-30-25)22-12-19(27)4-7-23(22)26/h2-9,12,17-18,21,31H,10-11,13-15H2,1H3,(H,28,30)/t17-,18+,21+. The van der Waals surface area contributed by atoms with Crippen LogP contribution in [0.15, 0.2) is 54.6 Å². The van der Waals surface area contributed by atoms with E-state index >= 15 is 0 Å². The number of nitrogens with one attached hydrogen (secondary N) is 2. The summed E-state index contributed by atoms with van der Waals surface area (Å²) >= 11 is 6.18. The molecule has 1 aliphatic heterocycles. The van der Waals surface area contributed by atoms with Crippen molar-refractivity contribution in [1.82, 2.24) is 15.1 Å². The van der Waals surface area contributed by atoms with E-state index in [4.69, 9.17) is 11.6 Å². The van der Waals surface area contributed by atoms with Crippen LogP contribution in [0.2, 0.25) is 5.02 Å². The van der Waals surface area contributed by atoms with Gasteiger partial charge in [-0.1, -0.05) is 23.7 Å². The molecule has 10 heteroatoms. The summed E-state index contributed by atoms with van der Waals surface area (Å²) in [5, 5.41) is 12.5. The fraction of sp³-hybridized carbons (Fsp3) is 0.360. The van der Waals surface area contributed by atoms with Crippen molar-refractivity contribution in [3.8, 4) is 11.3 Å². The minimum atomic E-state index is -3.26. The quantitative estimate of drug-likeness (QED) is 0.477. The molecule has 2 N–H and O–H groups in total. The summed E-state index contributed by atoms with van der Waals surface area (Å²) < 4.78 is 38.8. The number of benzene rings is 2. The number of halogens is 2. The van der Waals surface area contributed by atoms with E-state index in [-0.39, 0.29) is 5.82 Å². The second-order valence-corrected chi connectivity index (χ2v) is 11.7. The largest absolute Gasteiger partial charge is 0.366 e. The Hall–Kier alpha value is -2.75. The lowest BCUT2D eigenvalue weighted by molar-refractivity contribution is 0.301. The van der Waals surface area contributed by atoms with Crippen molar-refractivity contribution in [1.29, 1.82) is 0 Å². The third-order valence-corrected chi connectivity index (χ3v) is 7.65. The zero-order valence-corrected chi connectivity index (χ0v) is 20.9. The number of hydrogen-bond donors (Lipinski definition) is 2.